The molecule has 0 bridgehead atoms. The van der Waals surface area contributed by atoms with E-state index in [0.717, 1.165) is 28.2 Å². The van der Waals surface area contributed by atoms with Gasteiger partial charge in [0.15, 0.2) is 5.78 Å². The summed E-state index contributed by atoms with van der Waals surface area (Å²) in [6.07, 6.45) is 0.352. The lowest BCUT2D eigenvalue weighted by atomic mass is 10.1. The summed E-state index contributed by atoms with van der Waals surface area (Å²) >= 11 is 0. The third kappa shape index (κ3) is 5.05. The van der Waals surface area contributed by atoms with Gasteiger partial charge in [-0.05, 0) is 61.4 Å². The van der Waals surface area contributed by atoms with Crippen LogP contribution in [0.2, 0.25) is 0 Å². The average Bonchev–Trinajstić information content (AvgIpc) is 2.65. The SMILES string of the molecule is CC(=O)c1cccc(Nc2ccc(NC(=O)Cc3ccccc3C)cc2)c1. The predicted molar refractivity (Wildman–Crippen MR) is 110 cm³/mol. The summed E-state index contributed by atoms with van der Waals surface area (Å²) in [5.74, 6) is -0.00969. The van der Waals surface area contributed by atoms with Gasteiger partial charge in [-0.2, -0.15) is 0 Å². The smallest absolute Gasteiger partial charge is 0.228 e. The van der Waals surface area contributed by atoms with Gasteiger partial charge in [0.1, 0.15) is 0 Å². The van der Waals surface area contributed by atoms with E-state index in [2.05, 4.69) is 10.6 Å². The maximum absolute atomic E-state index is 12.3. The van der Waals surface area contributed by atoms with E-state index in [4.69, 9.17) is 0 Å². The topological polar surface area (TPSA) is 58.2 Å². The highest BCUT2D eigenvalue weighted by Crippen LogP contribution is 2.20. The molecule has 3 aromatic rings. The molecule has 0 radical (unpaired) electrons. The second-order valence-corrected chi connectivity index (χ2v) is 6.49. The number of rotatable bonds is 6. The fraction of sp³-hybridized carbons (Fsp3) is 0.130. The Kier molecular flexibility index (Phi) is 5.67. The highest BCUT2D eigenvalue weighted by molar-refractivity contribution is 5.95. The standard InChI is InChI=1S/C23H22N2O2/c1-16-6-3-4-7-18(16)15-23(27)25-21-12-10-20(11-13-21)24-22-9-5-8-19(14-22)17(2)26/h3-14,24H,15H2,1-2H3,(H,25,27). The van der Waals surface area contributed by atoms with Gasteiger partial charge >= 0.3 is 0 Å². The molecule has 0 aliphatic rings. The monoisotopic (exact) mass is 358 g/mol. The number of amides is 1. The summed E-state index contributed by atoms with van der Waals surface area (Å²) in [7, 11) is 0. The molecule has 4 heteroatoms. The Balaban J connectivity index is 1.62. The fourth-order valence-corrected chi connectivity index (χ4v) is 2.81. The number of hydrogen-bond donors (Lipinski definition) is 2. The van der Waals surface area contributed by atoms with Crippen molar-refractivity contribution in [3.63, 3.8) is 0 Å². The summed E-state index contributed by atoms with van der Waals surface area (Å²) in [5, 5.41) is 6.18. The predicted octanol–water partition coefficient (Wildman–Crippen LogP) is 5.12. The average molecular weight is 358 g/mol. The molecule has 0 spiro atoms. The van der Waals surface area contributed by atoms with Gasteiger partial charge in [0.2, 0.25) is 5.91 Å². The van der Waals surface area contributed by atoms with E-state index in [-0.39, 0.29) is 11.7 Å². The molecule has 0 fully saturated rings. The summed E-state index contributed by atoms with van der Waals surface area (Å²) in [4.78, 5) is 23.7. The van der Waals surface area contributed by atoms with E-state index in [1.165, 1.54) is 0 Å². The molecule has 0 saturated heterocycles. The van der Waals surface area contributed by atoms with Crippen LogP contribution in [-0.2, 0) is 11.2 Å². The van der Waals surface area contributed by atoms with Crippen molar-refractivity contribution in [1.82, 2.24) is 0 Å². The maximum Gasteiger partial charge on any atom is 0.228 e. The molecule has 4 nitrogen and oxygen atoms in total. The van der Waals surface area contributed by atoms with E-state index in [1.807, 2.05) is 73.7 Å². The molecule has 0 aliphatic carbocycles. The first kappa shape index (κ1) is 18.4. The van der Waals surface area contributed by atoms with Crippen LogP contribution in [-0.4, -0.2) is 11.7 Å². The number of ketones is 1. The summed E-state index contributed by atoms with van der Waals surface area (Å²) in [5.41, 5.74) is 5.28. The van der Waals surface area contributed by atoms with Crippen LogP contribution in [0.25, 0.3) is 0 Å². The number of benzene rings is 3. The quantitative estimate of drug-likeness (QED) is 0.601. The molecule has 3 rings (SSSR count). The normalized spacial score (nSPS) is 10.3. The minimum absolute atomic E-state index is 0.0327. The number of anilines is 3. The second kappa shape index (κ2) is 8.32. The number of carbonyl (C=O) groups excluding carboxylic acids is 2. The Morgan fingerprint density at radius 2 is 1.52 bits per heavy atom. The van der Waals surface area contributed by atoms with Gasteiger partial charge in [-0.15, -0.1) is 0 Å². The Labute approximate surface area is 159 Å². The van der Waals surface area contributed by atoms with Crippen molar-refractivity contribution >= 4 is 28.8 Å². The molecule has 1 amide bonds. The van der Waals surface area contributed by atoms with Crippen molar-refractivity contribution in [2.45, 2.75) is 20.3 Å². The van der Waals surface area contributed by atoms with Crippen molar-refractivity contribution in [1.29, 1.82) is 0 Å². The van der Waals surface area contributed by atoms with Crippen molar-refractivity contribution < 1.29 is 9.59 Å². The number of hydrogen-bond acceptors (Lipinski definition) is 3. The van der Waals surface area contributed by atoms with Crippen molar-refractivity contribution in [2.75, 3.05) is 10.6 Å². The third-order valence-electron chi connectivity index (χ3n) is 4.34. The van der Waals surface area contributed by atoms with Crippen molar-refractivity contribution in [3.8, 4) is 0 Å². The lowest BCUT2D eigenvalue weighted by molar-refractivity contribution is -0.115. The Morgan fingerprint density at radius 1 is 0.815 bits per heavy atom. The fourth-order valence-electron chi connectivity index (χ4n) is 2.81. The molecule has 27 heavy (non-hydrogen) atoms. The largest absolute Gasteiger partial charge is 0.356 e. The zero-order valence-corrected chi connectivity index (χ0v) is 15.5. The summed E-state index contributed by atoms with van der Waals surface area (Å²) in [6.45, 7) is 3.55. The Bertz CT molecular complexity index is 962. The van der Waals surface area contributed by atoms with Crippen molar-refractivity contribution in [3.05, 3.63) is 89.5 Å². The summed E-state index contributed by atoms with van der Waals surface area (Å²) in [6, 6.07) is 22.7. The van der Waals surface area contributed by atoms with E-state index < -0.39 is 0 Å². The van der Waals surface area contributed by atoms with E-state index in [9.17, 15) is 9.59 Å². The van der Waals surface area contributed by atoms with Gasteiger partial charge in [-0.3, -0.25) is 9.59 Å². The number of Topliss-reactive ketones (excluding diaryl/α,β-unsaturated/α-hetero) is 1. The zero-order valence-electron chi connectivity index (χ0n) is 15.5. The third-order valence-corrected chi connectivity index (χ3v) is 4.34. The van der Waals surface area contributed by atoms with Crippen LogP contribution in [0, 0.1) is 6.92 Å². The zero-order chi connectivity index (χ0) is 19.2. The molecule has 0 saturated carbocycles. The molecule has 0 heterocycles. The number of aryl methyl sites for hydroxylation is 1. The van der Waals surface area contributed by atoms with Crippen LogP contribution < -0.4 is 10.6 Å². The molecular weight excluding hydrogens is 336 g/mol. The van der Waals surface area contributed by atoms with Crippen LogP contribution in [0.4, 0.5) is 17.1 Å². The van der Waals surface area contributed by atoms with Gasteiger partial charge in [0.25, 0.3) is 0 Å². The minimum Gasteiger partial charge on any atom is -0.356 e. The van der Waals surface area contributed by atoms with Crippen LogP contribution in [0.1, 0.15) is 28.4 Å². The highest BCUT2D eigenvalue weighted by Gasteiger charge is 2.06. The van der Waals surface area contributed by atoms with Crippen LogP contribution in [0.3, 0.4) is 0 Å². The van der Waals surface area contributed by atoms with E-state index in [0.29, 0.717) is 12.0 Å². The van der Waals surface area contributed by atoms with Crippen LogP contribution in [0.15, 0.2) is 72.8 Å². The molecular formula is C23H22N2O2. The number of nitrogens with one attached hydrogen (secondary N) is 2. The first-order valence-corrected chi connectivity index (χ1v) is 8.84. The van der Waals surface area contributed by atoms with Gasteiger partial charge in [0.05, 0.1) is 6.42 Å². The lowest BCUT2D eigenvalue weighted by Gasteiger charge is -2.10. The van der Waals surface area contributed by atoms with Gasteiger partial charge in [-0.1, -0.05) is 36.4 Å². The van der Waals surface area contributed by atoms with Crippen LogP contribution in [0.5, 0.6) is 0 Å². The lowest BCUT2D eigenvalue weighted by Crippen LogP contribution is -2.14. The minimum atomic E-state index is -0.0424. The van der Waals surface area contributed by atoms with Gasteiger partial charge in [-0.25, -0.2) is 0 Å². The second-order valence-electron chi connectivity index (χ2n) is 6.49. The maximum atomic E-state index is 12.3. The highest BCUT2D eigenvalue weighted by atomic mass is 16.1. The van der Waals surface area contributed by atoms with Crippen LogP contribution >= 0.6 is 0 Å². The van der Waals surface area contributed by atoms with Crippen molar-refractivity contribution in [2.24, 2.45) is 0 Å². The molecule has 0 unspecified atom stereocenters. The molecule has 0 aliphatic heterocycles. The van der Waals surface area contributed by atoms with E-state index >= 15 is 0 Å². The first-order chi connectivity index (χ1) is 13.0. The molecule has 0 atom stereocenters. The molecule has 0 aromatic heterocycles. The molecule has 136 valence electrons. The first-order valence-electron chi connectivity index (χ1n) is 8.84. The Morgan fingerprint density at radius 3 is 2.22 bits per heavy atom. The molecule has 3 aromatic carbocycles. The van der Waals surface area contributed by atoms with E-state index in [1.54, 1.807) is 13.0 Å². The molecule has 2 N–H and O–H groups in total. The van der Waals surface area contributed by atoms with Gasteiger partial charge < -0.3 is 10.6 Å². The van der Waals surface area contributed by atoms with Gasteiger partial charge in [0, 0.05) is 22.6 Å². The Hall–Kier alpha value is -3.40. The summed E-state index contributed by atoms with van der Waals surface area (Å²) < 4.78 is 0. The number of carbonyl (C=O) groups is 2.